The fourth-order valence-corrected chi connectivity index (χ4v) is 1.63. The van der Waals surface area contributed by atoms with E-state index in [1.54, 1.807) is 0 Å². The standard InChI is InChI=1S/C12H17N3O5/c1-3-4-5-8(12(16)17)13-11-9(15(18)19)6-7-10(14-11)20-2/h6-8H,3-5H2,1-2H3,(H,13,14)(H,16,17). The zero-order valence-corrected chi connectivity index (χ0v) is 11.3. The lowest BCUT2D eigenvalue weighted by molar-refractivity contribution is -0.384. The fraction of sp³-hybridized carbons (Fsp3) is 0.500. The second-order valence-electron chi connectivity index (χ2n) is 4.16. The van der Waals surface area contributed by atoms with Gasteiger partial charge in [-0.25, -0.2) is 4.79 Å². The van der Waals surface area contributed by atoms with E-state index in [9.17, 15) is 14.9 Å². The molecule has 20 heavy (non-hydrogen) atoms. The van der Waals surface area contributed by atoms with Gasteiger partial charge in [-0.2, -0.15) is 4.98 Å². The van der Waals surface area contributed by atoms with E-state index >= 15 is 0 Å². The quantitative estimate of drug-likeness (QED) is 0.554. The third-order valence-electron chi connectivity index (χ3n) is 2.71. The molecule has 0 bridgehead atoms. The lowest BCUT2D eigenvalue weighted by atomic mass is 10.1. The number of hydrogen-bond acceptors (Lipinski definition) is 6. The Labute approximate surface area is 115 Å². The van der Waals surface area contributed by atoms with Crippen LogP contribution in [0.5, 0.6) is 5.88 Å². The molecule has 1 aromatic rings. The van der Waals surface area contributed by atoms with E-state index in [4.69, 9.17) is 9.84 Å². The molecule has 0 spiro atoms. The van der Waals surface area contributed by atoms with Crippen molar-refractivity contribution in [3.8, 4) is 5.88 Å². The number of nitro groups is 1. The number of rotatable bonds is 8. The molecule has 0 radical (unpaired) electrons. The first kappa shape index (κ1) is 15.7. The molecule has 1 unspecified atom stereocenters. The third-order valence-corrected chi connectivity index (χ3v) is 2.71. The average Bonchev–Trinajstić information content (AvgIpc) is 2.42. The van der Waals surface area contributed by atoms with Crippen molar-refractivity contribution in [1.29, 1.82) is 0 Å². The molecule has 0 aliphatic heterocycles. The van der Waals surface area contributed by atoms with Crippen LogP contribution in [0.2, 0.25) is 0 Å². The van der Waals surface area contributed by atoms with Crippen molar-refractivity contribution in [2.24, 2.45) is 0 Å². The Morgan fingerprint density at radius 3 is 2.80 bits per heavy atom. The van der Waals surface area contributed by atoms with Crippen molar-refractivity contribution in [2.45, 2.75) is 32.2 Å². The maximum atomic E-state index is 11.2. The zero-order chi connectivity index (χ0) is 15.1. The van der Waals surface area contributed by atoms with Gasteiger partial charge in [0, 0.05) is 12.1 Å². The second kappa shape index (κ2) is 7.27. The molecule has 110 valence electrons. The van der Waals surface area contributed by atoms with Crippen molar-refractivity contribution < 1.29 is 19.6 Å². The molecular weight excluding hydrogens is 266 g/mol. The summed E-state index contributed by atoms with van der Waals surface area (Å²) < 4.78 is 4.89. The van der Waals surface area contributed by atoms with Crippen LogP contribution in [-0.2, 0) is 4.79 Å². The van der Waals surface area contributed by atoms with E-state index in [-0.39, 0.29) is 17.4 Å². The summed E-state index contributed by atoms with van der Waals surface area (Å²) >= 11 is 0. The summed E-state index contributed by atoms with van der Waals surface area (Å²) in [6.45, 7) is 1.94. The van der Waals surface area contributed by atoms with Crippen molar-refractivity contribution in [1.82, 2.24) is 4.98 Å². The Hall–Kier alpha value is -2.38. The molecule has 0 aromatic carbocycles. The average molecular weight is 283 g/mol. The van der Waals surface area contributed by atoms with Gasteiger partial charge < -0.3 is 15.2 Å². The summed E-state index contributed by atoms with van der Waals surface area (Å²) in [6.07, 6.45) is 1.89. The molecule has 0 amide bonds. The van der Waals surface area contributed by atoms with Gasteiger partial charge in [0.1, 0.15) is 6.04 Å². The van der Waals surface area contributed by atoms with E-state index in [0.29, 0.717) is 12.8 Å². The molecule has 1 atom stereocenters. The second-order valence-corrected chi connectivity index (χ2v) is 4.16. The van der Waals surface area contributed by atoms with Crippen LogP contribution >= 0.6 is 0 Å². The number of carboxylic acids is 1. The van der Waals surface area contributed by atoms with Crippen LogP contribution in [0.15, 0.2) is 12.1 Å². The minimum Gasteiger partial charge on any atom is -0.481 e. The van der Waals surface area contributed by atoms with Gasteiger partial charge in [0.05, 0.1) is 12.0 Å². The highest BCUT2D eigenvalue weighted by Gasteiger charge is 2.23. The number of ether oxygens (including phenoxy) is 1. The van der Waals surface area contributed by atoms with E-state index in [1.165, 1.54) is 19.2 Å². The molecule has 0 aliphatic rings. The lowest BCUT2D eigenvalue weighted by Crippen LogP contribution is -2.30. The molecule has 1 heterocycles. The number of carbonyl (C=O) groups is 1. The molecular formula is C12H17N3O5. The predicted molar refractivity (Wildman–Crippen MR) is 72.0 cm³/mol. The lowest BCUT2D eigenvalue weighted by Gasteiger charge is -2.15. The molecule has 0 aliphatic carbocycles. The summed E-state index contributed by atoms with van der Waals surface area (Å²) in [4.78, 5) is 25.4. The van der Waals surface area contributed by atoms with Crippen molar-refractivity contribution in [3.63, 3.8) is 0 Å². The Kier molecular flexibility index (Phi) is 5.70. The highest BCUT2D eigenvalue weighted by molar-refractivity contribution is 5.78. The number of nitrogens with zero attached hydrogens (tertiary/aromatic N) is 2. The van der Waals surface area contributed by atoms with Gasteiger partial charge in [0.25, 0.3) is 0 Å². The first-order valence-electron chi connectivity index (χ1n) is 6.18. The van der Waals surface area contributed by atoms with Gasteiger partial charge in [0.2, 0.25) is 11.7 Å². The van der Waals surface area contributed by atoms with Crippen molar-refractivity contribution in [2.75, 3.05) is 12.4 Å². The zero-order valence-electron chi connectivity index (χ0n) is 11.3. The predicted octanol–water partition coefficient (Wildman–Crippen LogP) is 2.05. The normalized spacial score (nSPS) is 11.7. The van der Waals surface area contributed by atoms with Gasteiger partial charge >= 0.3 is 11.7 Å². The number of hydrogen-bond donors (Lipinski definition) is 2. The van der Waals surface area contributed by atoms with Crippen LogP contribution in [0.25, 0.3) is 0 Å². The van der Waals surface area contributed by atoms with Gasteiger partial charge in [-0.15, -0.1) is 0 Å². The number of carboxylic acid groups (broad SMARTS) is 1. The minimum absolute atomic E-state index is 0.0992. The van der Waals surface area contributed by atoms with Crippen LogP contribution in [-0.4, -0.2) is 34.1 Å². The Bertz CT molecular complexity index is 492. The molecule has 8 heteroatoms. The summed E-state index contributed by atoms with van der Waals surface area (Å²) in [5, 5.41) is 22.7. The van der Waals surface area contributed by atoms with Gasteiger partial charge in [-0.05, 0) is 6.42 Å². The molecule has 1 aromatic heterocycles. The maximum absolute atomic E-state index is 11.2. The summed E-state index contributed by atoms with van der Waals surface area (Å²) in [5.74, 6) is -0.993. The minimum atomic E-state index is -1.07. The van der Waals surface area contributed by atoms with E-state index in [1.807, 2.05) is 6.92 Å². The molecule has 2 N–H and O–H groups in total. The molecule has 0 fully saturated rings. The van der Waals surface area contributed by atoms with Crippen LogP contribution in [0.1, 0.15) is 26.2 Å². The smallest absolute Gasteiger partial charge is 0.326 e. The first-order chi connectivity index (χ1) is 9.49. The molecule has 0 saturated carbocycles. The van der Waals surface area contributed by atoms with E-state index in [2.05, 4.69) is 10.3 Å². The van der Waals surface area contributed by atoms with Crippen LogP contribution in [0, 0.1) is 10.1 Å². The monoisotopic (exact) mass is 283 g/mol. The number of aliphatic carboxylic acids is 1. The van der Waals surface area contributed by atoms with E-state index in [0.717, 1.165) is 6.42 Å². The number of anilines is 1. The third kappa shape index (κ3) is 4.08. The Morgan fingerprint density at radius 1 is 1.60 bits per heavy atom. The van der Waals surface area contributed by atoms with Crippen LogP contribution in [0.4, 0.5) is 11.5 Å². The molecule has 1 rings (SSSR count). The van der Waals surface area contributed by atoms with Crippen molar-refractivity contribution in [3.05, 3.63) is 22.2 Å². The first-order valence-corrected chi connectivity index (χ1v) is 6.18. The number of methoxy groups -OCH3 is 1. The van der Waals surface area contributed by atoms with Crippen LogP contribution < -0.4 is 10.1 Å². The SMILES string of the molecule is CCCCC(Nc1nc(OC)ccc1[N+](=O)[O-])C(=O)O. The summed E-state index contributed by atoms with van der Waals surface area (Å²) in [6, 6.07) is 1.66. The Morgan fingerprint density at radius 2 is 2.30 bits per heavy atom. The molecule has 8 nitrogen and oxygen atoms in total. The summed E-state index contributed by atoms with van der Waals surface area (Å²) in [7, 11) is 1.38. The topological polar surface area (TPSA) is 115 Å². The maximum Gasteiger partial charge on any atom is 0.326 e. The van der Waals surface area contributed by atoms with Gasteiger partial charge in [-0.1, -0.05) is 19.8 Å². The van der Waals surface area contributed by atoms with Crippen molar-refractivity contribution >= 4 is 17.5 Å². The number of aromatic nitrogens is 1. The number of unbranched alkanes of at least 4 members (excludes halogenated alkanes) is 1. The largest absolute Gasteiger partial charge is 0.481 e. The highest BCUT2D eigenvalue weighted by atomic mass is 16.6. The highest BCUT2D eigenvalue weighted by Crippen LogP contribution is 2.26. The number of nitrogens with one attached hydrogen (secondary N) is 1. The van der Waals surface area contributed by atoms with E-state index < -0.39 is 16.9 Å². The van der Waals surface area contributed by atoms with Crippen LogP contribution in [0.3, 0.4) is 0 Å². The summed E-state index contributed by atoms with van der Waals surface area (Å²) in [5.41, 5.74) is -0.284. The van der Waals surface area contributed by atoms with Gasteiger partial charge in [0.15, 0.2) is 0 Å². The molecule has 0 saturated heterocycles. The number of pyridine rings is 1. The fourth-order valence-electron chi connectivity index (χ4n) is 1.63. The Balaban J connectivity index is 3.02. The van der Waals surface area contributed by atoms with Gasteiger partial charge in [-0.3, -0.25) is 10.1 Å².